The minimum atomic E-state index is 0.0952. The summed E-state index contributed by atoms with van der Waals surface area (Å²) in [5, 5.41) is 0. The fourth-order valence-corrected chi connectivity index (χ4v) is 2.92. The van der Waals surface area contributed by atoms with Crippen LogP contribution in [0.5, 0.6) is 0 Å². The number of aromatic nitrogens is 2. The highest BCUT2D eigenvalue weighted by molar-refractivity contribution is 5.45. The third kappa shape index (κ3) is 2.19. The predicted octanol–water partition coefficient (Wildman–Crippen LogP) is 3.16. The maximum Gasteiger partial charge on any atom is 0.0997 e. The maximum absolute atomic E-state index is 6.24. The average molecular weight is 255 g/mol. The molecule has 1 atom stereocenters. The van der Waals surface area contributed by atoms with Gasteiger partial charge in [0.25, 0.3) is 0 Å². The highest BCUT2D eigenvalue weighted by atomic mass is 15.1. The SMILES string of the molecule is CCC(N)c1ccccc1-n1cnc2c1CCCC2. The van der Waals surface area contributed by atoms with Gasteiger partial charge in [-0.2, -0.15) is 0 Å². The van der Waals surface area contributed by atoms with Crippen molar-refractivity contribution in [3.8, 4) is 5.69 Å². The fourth-order valence-electron chi connectivity index (χ4n) is 2.92. The highest BCUT2D eigenvalue weighted by Gasteiger charge is 2.18. The summed E-state index contributed by atoms with van der Waals surface area (Å²) in [5.41, 5.74) is 11.3. The van der Waals surface area contributed by atoms with E-state index in [2.05, 4.69) is 40.7 Å². The van der Waals surface area contributed by atoms with Crippen LogP contribution in [-0.4, -0.2) is 9.55 Å². The van der Waals surface area contributed by atoms with Gasteiger partial charge in [0, 0.05) is 11.7 Å². The van der Waals surface area contributed by atoms with Gasteiger partial charge < -0.3 is 10.3 Å². The summed E-state index contributed by atoms with van der Waals surface area (Å²) in [5.74, 6) is 0. The van der Waals surface area contributed by atoms with Crippen molar-refractivity contribution in [2.24, 2.45) is 5.73 Å². The third-order valence-electron chi connectivity index (χ3n) is 4.07. The lowest BCUT2D eigenvalue weighted by atomic mass is 9.99. The quantitative estimate of drug-likeness (QED) is 0.915. The predicted molar refractivity (Wildman–Crippen MR) is 77.4 cm³/mol. The summed E-state index contributed by atoms with van der Waals surface area (Å²) >= 11 is 0. The number of aryl methyl sites for hydroxylation is 1. The van der Waals surface area contributed by atoms with Gasteiger partial charge in [-0.3, -0.25) is 0 Å². The van der Waals surface area contributed by atoms with E-state index in [9.17, 15) is 0 Å². The van der Waals surface area contributed by atoms with Gasteiger partial charge in [0.05, 0.1) is 17.7 Å². The lowest BCUT2D eigenvalue weighted by Gasteiger charge is -2.19. The molecule has 0 saturated carbocycles. The van der Waals surface area contributed by atoms with Crippen LogP contribution >= 0.6 is 0 Å². The number of nitrogens with zero attached hydrogens (tertiary/aromatic N) is 2. The zero-order valence-electron chi connectivity index (χ0n) is 11.5. The second kappa shape index (κ2) is 5.17. The molecule has 1 aromatic carbocycles. The lowest BCUT2D eigenvalue weighted by molar-refractivity contribution is 0.650. The van der Waals surface area contributed by atoms with Crippen LogP contribution in [0.25, 0.3) is 5.69 Å². The van der Waals surface area contributed by atoms with E-state index in [1.165, 1.54) is 35.5 Å². The summed E-state index contributed by atoms with van der Waals surface area (Å²) < 4.78 is 2.25. The Labute approximate surface area is 114 Å². The molecule has 2 N–H and O–H groups in total. The van der Waals surface area contributed by atoms with Gasteiger partial charge in [-0.05, 0) is 43.7 Å². The van der Waals surface area contributed by atoms with Crippen LogP contribution in [0.1, 0.15) is 49.2 Å². The Morgan fingerprint density at radius 1 is 1.26 bits per heavy atom. The van der Waals surface area contributed by atoms with Crippen molar-refractivity contribution in [3.63, 3.8) is 0 Å². The molecular weight excluding hydrogens is 234 g/mol. The molecule has 0 saturated heterocycles. The minimum Gasteiger partial charge on any atom is -0.324 e. The molecule has 3 rings (SSSR count). The van der Waals surface area contributed by atoms with Gasteiger partial charge in [-0.15, -0.1) is 0 Å². The van der Waals surface area contributed by atoms with Crippen LogP contribution in [0, 0.1) is 0 Å². The van der Waals surface area contributed by atoms with Crippen LogP contribution in [0.4, 0.5) is 0 Å². The Kier molecular flexibility index (Phi) is 3.38. The number of benzene rings is 1. The Morgan fingerprint density at radius 3 is 2.89 bits per heavy atom. The molecule has 1 heterocycles. The van der Waals surface area contributed by atoms with Crippen molar-refractivity contribution in [2.75, 3.05) is 0 Å². The number of para-hydroxylation sites is 1. The van der Waals surface area contributed by atoms with E-state index < -0.39 is 0 Å². The van der Waals surface area contributed by atoms with Crippen molar-refractivity contribution in [1.82, 2.24) is 9.55 Å². The minimum absolute atomic E-state index is 0.0952. The first-order chi connectivity index (χ1) is 9.31. The zero-order chi connectivity index (χ0) is 13.2. The number of hydrogen-bond donors (Lipinski definition) is 1. The van der Waals surface area contributed by atoms with Crippen molar-refractivity contribution < 1.29 is 0 Å². The van der Waals surface area contributed by atoms with Gasteiger partial charge >= 0.3 is 0 Å². The largest absolute Gasteiger partial charge is 0.324 e. The van der Waals surface area contributed by atoms with E-state index in [-0.39, 0.29) is 6.04 Å². The summed E-state index contributed by atoms with van der Waals surface area (Å²) in [7, 11) is 0. The topological polar surface area (TPSA) is 43.8 Å². The molecule has 3 nitrogen and oxygen atoms in total. The summed E-state index contributed by atoms with van der Waals surface area (Å²) in [6.07, 6.45) is 7.70. The van der Waals surface area contributed by atoms with Gasteiger partial charge in [-0.25, -0.2) is 4.98 Å². The second-order valence-electron chi connectivity index (χ2n) is 5.29. The first kappa shape index (κ1) is 12.4. The second-order valence-corrected chi connectivity index (χ2v) is 5.29. The van der Waals surface area contributed by atoms with E-state index >= 15 is 0 Å². The first-order valence-corrected chi connectivity index (χ1v) is 7.21. The Bertz CT molecular complexity index is 571. The van der Waals surface area contributed by atoms with Gasteiger partial charge in [0.1, 0.15) is 0 Å². The third-order valence-corrected chi connectivity index (χ3v) is 4.07. The van der Waals surface area contributed by atoms with E-state index in [4.69, 9.17) is 5.73 Å². The number of hydrogen-bond acceptors (Lipinski definition) is 2. The smallest absolute Gasteiger partial charge is 0.0997 e. The number of nitrogens with two attached hydrogens (primary N) is 1. The normalized spacial score (nSPS) is 16.1. The Balaban J connectivity index is 2.09. The average Bonchev–Trinajstić information content (AvgIpc) is 2.90. The molecule has 100 valence electrons. The van der Waals surface area contributed by atoms with Crippen molar-refractivity contribution in [3.05, 3.63) is 47.5 Å². The standard InChI is InChI=1S/C16H21N3/c1-2-13(17)12-7-3-5-9-15(12)19-11-18-14-8-4-6-10-16(14)19/h3,5,7,9,11,13H,2,4,6,8,10,17H2,1H3. The van der Waals surface area contributed by atoms with Gasteiger partial charge in [0.15, 0.2) is 0 Å². The number of imidazole rings is 1. The van der Waals surface area contributed by atoms with Gasteiger partial charge in [0.2, 0.25) is 0 Å². The summed E-state index contributed by atoms with van der Waals surface area (Å²) in [6.45, 7) is 2.13. The summed E-state index contributed by atoms with van der Waals surface area (Å²) in [6, 6.07) is 8.53. The Hall–Kier alpha value is -1.61. The number of rotatable bonds is 3. The van der Waals surface area contributed by atoms with Crippen LogP contribution < -0.4 is 5.73 Å². The number of fused-ring (bicyclic) bond motifs is 1. The van der Waals surface area contributed by atoms with E-state index in [1.807, 2.05) is 6.33 Å². The molecule has 0 spiro atoms. The van der Waals surface area contributed by atoms with E-state index in [1.54, 1.807) is 0 Å². The van der Waals surface area contributed by atoms with Crippen LogP contribution in [0.15, 0.2) is 30.6 Å². The molecule has 1 aliphatic rings. The lowest BCUT2D eigenvalue weighted by Crippen LogP contribution is -2.14. The molecule has 0 fully saturated rings. The molecule has 1 unspecified atom stereocenters. The van der Waals surface area contributed by atoms with Crippen molar-refractivity contribution in [2.45, 2.75) is 45.1 Å². The monoisotopic (exact) mass is 255 g/mol. The first-order valence-electron chi connectivity index (χ1n) is 7.21. The summed E-state index contributed by atoms with van der Waals surface area (Å²) in [4.78, 5) is 4.58. The maximum atomic E-state index is 6.24. The van der Waals surface area contributed by atoms with E-state index in [0.29, 0.717) is 0 Å². The molecule has 1 aromatic heterocycles. The molecular formula is C16H21N3. The van der Waals surface area contributed by atoms with Crippen molar-refractivity contribution >= 4 is 0 Å². The molecule has 0 radical (unpaired) electrons. The van der Waals surface area contributed by atoms with Crippen LogP contribution in [-0.2, 0) is 12.8 Å². The molecule has 0 bridgehead atoms. The van der Waals surface area contributed by atoms with E-state index in [0.717, 1.165) is 19.3 Å². The highest BCUT2D eigenvalue weighted by Crippen LogP contribution is 2.27. The molecule has 2 aromatic rings. The molecule has 19 heavy (non-hydrogen) atoms. The molecule has 0 aliphatic heterocycles. The molecule has 3 heteroatoms. The molecule has 0 amide bonds. The Morgan fingerprint density at radius 2 is 2.05 bits per heavy atom. The van der Waals surface area contributed by atoms with Crippen molar-refractivity contribution in [1.29, 1.82) is 0 Å². The van der Waals surface area contributed by atoms with Crippen LogP contribution in [0.3, 0.4) is 0 Å². The zero-order valence-corrected chi connectivity index (χ0v) is 11.5. The fraction of sp³-hybridized carbons (Fsp3) is 0.438. The van der Waals surface area contributed by atoms with Gasteiger partial charge in [-0.1, -0.05) is 25.1 Å². The molecule has 1 aliphatic carbocycles. The van der Waals surface area contributed by atoms with Crippen LogP contribution in [0.2, 0.25) is 0 Å².